The first-order valence-electron chi connectivity index (χ1n) is 4.90. The van der Waals surface area contributed by atoms with Crippen molar-refractivity contribution in [2.24, 2.45) is 0 Å². The van der Waals surface area contributed by atoms with Crippen molar-refractivity contribution < 1.29 is 23.1 Å². The van der Waals surface area contributed by atoms with Gasteiger partial charge < -0.3 is 10.1 Å². The fraction of sp³-hybridized carbons (Fsp3) is 0.300. The molecule has 98 valence electrons. The number of carbonyl (C=O) groups is 2. The van der Waals surface area contributed by atoms with Gasteiger partial charge in [0, 0.05) is 18.8 Å². The van der Waals surface area contributed by atoms with Gasteiger partial charge in [0.25, 0.3) is 5.91 Å². The number of nitrogens with one attached hydrogen (secondary N) is 1. The highest BCUT2D eigenvalue weighted by Gasteiger charge is 2.16. The van der Waals surface area contributed by atoms with Crippen LogP contribution >= 0.6 is 0 Å². The van der Waals surface area contributed by atoms with Crippen LogP contribution in [0.5, 0.6) is 0 Å². The molecule has 1 aromatic heterocycles. The predicted octanol–water partition coefficient (Wildman–Crippen LogP) is 0.737. The number of esters is 1. The third kappa shape index (κ3) is 3.65. The number of methoxy groups -OCH3 is 1. The predicted molar refractivity (Wildman–Crippen MR) is 57.0 cm³/mol. The Morgan fingerprint density at radius 2 is 2.33 bits per heavy atom. The van der Waals surface area contributed by atoms with Gasteiger partial charge in [-0.15, -0.1) is 0 Å². The maximum atomic E-state index is 12.4. The van der Waals surface area contributed by atoms with Crippen molar-refractivity contribution in [3.05, 3.63) is 30.1 Å². The number of alkyl halides is 2. The quantitative estimate of drug-likeness (QED) is 0.625. The number of carbonyl (C=O) groups excluding carboxylic acids is 2. The summed E-state index contributed by atoms with van der Waals surface area (Å²) < 4.78 is 29.4. The molecule has 0 aliphatic rings. The summed E-state index contributed by atoms with van der Waals surface area (Å²) in [7, 11) is 1.21. The summed E-state index contributed by atoms with van der Waals surface area (Å²) in [5.41, 5.74) is -0.253. The third-order valence-corrected chi connectivity index (χ3v) is 1.92. The van der Waals surface area contributed by atoms with Gasteiger partial charge in [0.05, 0.1) is 7.11 Å². The summed E-state index contributed by atoms with van der Waals surface area (Å²) in [6.07, 6.45) is 3.56. The largest absolute Gasteiger partial charge is 0.466 e. The minimum absolute atomic E-state index is 0.0162. The Labute approximate surface area is 101 Å². The molecule has 6 nitrogen and oxygen atoms in total. The van der Waals surface area contributed by atoms with Gasteiger partial charge in [0.2, 0.25) is 0 Å². The van der Waals surface area contributed by atoms with Gasteiger partial charge in [0.1, 0.15) is 5.69 Å². The van der Waals surface area contributed by atoms with Gasteiger partial charge in [0.15, 0.2) is 0 Å². The van der Waals surface area contributed by atoms with Crippen molar-refractivity contribution in [2.45, 2.75) is 6.55 Å². The van der Waals surface area contributed by atoms with Crippen LogP contribution in [0, 0.1) is 0 Å². The van der Waals surface area contributed by atoms with E-state index in [1.54, 1.807) is 0 Å². The molecule has 0 aromatic carbocycles. The second kappa shape index (κ2) is 6.48. The van der Waals surface area contributed by atoms with Gasteiger partial charge in [-0.1, -0.05) is 6.08 Å². The topological polar surface area (TPSA) is 73.2 Å². The first-order chi connectivity index (χ1) is 8.56. The zero-order valence-electron chi connectivity index (χ0n) is 9.47. The summed E-state index contributed by atoms with van der Waals surface area (Å²) in [5.74, 6) is -1.27. The fourth-order valence-corrected chi connectivity index (χ4v) is 1.11. The molecule has 18 heavy (non-hydrogen) atoms. The first kappa shape index (κ1) is 13.8. The molecule has 0 spiro atoms. The molecule has 0 saturated carbocycles. The average Bonchev–Trinajstić information content (AvgIpc) is 2.83. The maximum absolute atomic E-state index is 12.4. The van der Waals surface area contributed by atoms with Gasteiger partial charge in [-0.3, -0.25) is 4.79 Å². The van der Waals surface area contributed by atoms with Crippen LogP contribution in [0.2, 0.25) is 0 Å². The monoisotopic (exact) mass is 259 g/mol. The van der Waals surface area contributed by atoms with Crippen molar-refractivity contribution in [1.82, 2.24) is 15.1 Å². The minimum atomic E-state index is -2.88. The van der Waals surface area contributed by atoms with Gasteiger partial charge in [-0.25, -0.2) is 4.79 Å². The summed E-state index contributed by atoms with van der Waals surface area (Å²) in [6.45, 7) is -2.87. The number of aromatic nitrogens is 2. The third-order valence-electron chi connectivity index (χ3n) is 1.92. The van der Waals surface area contributed by atoms with Crippen LogP contribution in [0.3, 0.4) is 0 Å². The van der Waals surface area contributed by atoms with Gasteiger partial charge in [-0.2, -0.15) is 18.6 Å². The van der Waals surface area contributed by atoms with Gasteiger partial charge in [-0.05, 0) is 6.07 Å². The molecule has 0 unspecified atom stereocenters. The smallest absolute Gasteiger partial charge is 0.333 e. The molecular formula is C10H11F2N3O3. The van der Waals surface area contributed by atoms with Crippen molar-refractivity contribution in [2.75, 3.05) is 13.7 Å². The van der Waals surface area contributed by atoms with E-state index in [9.17, 15) is 18.4 Å². The molecule has 0 atom stereocenters. The van der Waals surface area contributed by atoms with Crippen LogP contribution in [-0.4, -0.2) is 35.3 Å². The number of rotatable bonds is 5. The SMILES string of the molecule is COC(=O)/C=C/CNC(=O)c1ccnn1C(F)F. The van der Waals surface area contributed by atoms with E-state index >= 15 is 0 Å². The van der Waals surface area contributed by atoms with Gasteiger partial charge >= 0.3 is 12.5 Å². The number of halogens is 2. The number of hydrogen-bond acceptors (Lipinski definition) is 4. The van der Waals surface area contributed by atoms with E-state index in [-0.39, 0.29) is 12.2 Å². The number of amides is 1. The average molecular weight is 259 g/mol. The summed E-state index contributed by atoms with van der Waals surface area (Å²) in [5, 5.41) is 5.65. The molecule has 0 fully saturated rings. The highest BCUT2D eigenvalue weighted by atomic mass is 19.3. The standard InChI is InChI=1S/C10H11F2N3O3/c1-18-8(16)3-2-5-13-9(17)7-4-6-14-15(7)10(11)12/h2-4,6,10H,5H2,1H3,(H,13,17)/b3-2+. The van der Waals surface area contributed by atoms with Crippen LogP contribution < -0.4 is 5.32 Å². The Bertz CT molecular complexity index is 457. The Hall–Kier alpha value is -2.25. The highest BCUT2D eigenvalue weighted by Crippen LogP contribution is 2.11. The second-order valence-corrected chi connectivity index (χ2v) is 3.07. The maximum Gasteiger partial charge on any atom is 0.333 e. The zero-order chi connectivity index (χ0) is 13.5. The second-order valence-electron chi connectivity index (χ2n) is 3.07. The zero-order valence-corrected chi connectivity index (χ0v) is 9.47. The Morgan fingerprint density at radius 1 is 1.61 bits per heavy atom. The molecule has 0 saturated heterocycles. The first-order valence-corrected chi connectivity index (χ1v) is 4.90. The summed E-state index contributed by atoms with van der Waals surface area (Å²) in [4.78, 5) is 22.2. The number of hydrogen-bond donors (Lipinski definition) is 1. The molecule has 0 radical (unpaired) electrons. The minimum Gasteiger partial charge on any atom is -0.466 e. The van der Waals surface area contributed by atoms with Crippen LogP contribution in [0.15, 0.2) is 24.4 Å². The molecule has 1 rings (SSSR count). The van der Waals surface area contributed by atoms with E-state index in [0.29, 0.717) is 4.68 Å². The van der Waals surface area contributed by atoms with Crippen LogP contribution in [-0.2, 0) is 9.53 Å². The lowest BCUT2D eigenvalue weighted by Gasteiger charge is -2.05. The van der Waals surface area contributed by atoms with Crippen molar-refractivity contribution in [3.8, 4) is 0 Å². The van der Waals surface area contributed by atoms with E-state index in [1.807, 2.05) is 0 Å². The van der Waals surface area contributed by atoms with E-state index in [0.717, 1.165) is 12.3 Å². The number of ether oxygens (including phenoxy) is 1. The lowest BCUT2D eigenvalue weighted by Crippen LogP contribution is -2.26. The van der Waals surface area contributed by atoms with Crippen LogP contribution in [0.4, 0.5) is 8.78 Å². The molecule has 1 amide bonds. The van der Waals surface area contributed by atoms with Crippen molar-refractivity contribution in [1.29, 1.82) is 0 Å². The molecule has 0 bridgehead atoms. The lowest BCUT2D eigenvalue weighted by molar-refractivity contribution is -0.134. The molecule has 1 N–H and O–H groups in total. The molecule has 1 heterocycles. The normalized spacial score (nSPS) is 10.9. The Kier molecular flexibility index (Phi) is 4.97. The summed E-state index contributed by atoms with van der Waals surface area (Å²) in [6, 6.07) is 1.17. The molecule has 8 heteroatoms. The van der Waals surface area contributed by atoms with E-state index in [1.165, 1.54) is 19.3 Å². The van der Waals surface area contributed by atoms with Crippen molar-refractivity contribution >= 4 is 11.9 Å². The van der Waals surface area contributed by atoms with Crippen LogP contribution in [0.1, 0.15) is 17.0 Å². The lowest BCUT2D eigenvalue weighted by atomic mass is 10.4. The molecule has 1 aromatic rings. The van der Waals surface area contributed by atoms with E-state index < -0.39 is 18.4 Å². The molecule has 0 aliphatic carbocycles. The van der Waals surface area contributed by atoms with Crippen LogP contribution in [0.25, 0.3) is 0 Å². The fourth-order valence-electron chi connectivity index (χ4n) is 1.11. The Balaban J connectivity index is 2.53. The van der Waals surface area contributed by atoms with E-state index in [4.69, 9.17) is 0 Å². The molecular weight excluding hydrogens is 248 g/mol. The van der Waals surface area contributed by atoms with E-state index in [2.05, 4.69) is 15.2 Å². The highest BCUT2D eigenvalue weighted by molar-refractivity contribution is 5.92. The molecule has 0 aliphatic heterocycles. The van der Waals surface area contributed by atoms with Crippen molar-refractivity contribution in [3.63, 3.8) is 0 Å². The Morgan fingerprint density at radius 3 is 2.94 bits per heavy atom. The number of nitrogens with zero attached hydrogens (tertiary/aromatic N) is 2. The summed E-state index contributed by atoms with van der Waals surface area (Å²) >= 11 is 0.